The number of sulfonamides is 1. The number of aliphatic carboxylic acids is 1. The van der Waals surface area contributed by atoms with Crippen molar-refractivity contribution in [1.82, 2.24) is 5.32 Å². The summed E-state index contributed by atoms with van der Waals surface area (Å²) in [6.07, 6.45) is 1.20. The second kappa shape index (κ2) is 12.4. The van der Waals surface area contributed by atoms with Crippen LogP contribution >= 0.6 is 27.3 Å². The molecular formula is C23H29BrN2O8S2. The zero-order valence-electron chi connectivity index (χ0n) is 19.9. The fourth-order valence-corrected chi connectivity index (χ4v) is 7.39. The Kier molecular flexibility index (Phi) is 9.75. The Bertz CT molecular complexity index is 1190. The number of nitrogens with one attached hydrogen (secondary N) is 1. The van der Waals surface area contributed by atoms with E-state index in [1.807, 2.05) is 13.8 Å². The highest BCUT2D eigenvalue weighted by molar-refractivity contribution is 9.10. The van der Waals surface area contributed by atoms with Gasteiger partial charge in [-0.1, -0.05) is 12.1 Å². The Morgan fingerprint density at radius 1 is 1.25 bits per heavy atom. The molecule has 3 N–H and O–H groups in total. The molecule has 0 bridgehead atoms. The molecule has 1 aliphatic rings. The smallest absolute Gasteiger partial charge is 0.349 e. The Labute approximate surface area is 222 Å². The molecule has 1 aromatic carbocycles. The molecule has 0 spiro atoms. The van der Waals surface area contributed by atoms with Gasteiger partial charge < -0.3 is 25.0 Å². The van der Waals surface area contributed by atoms with Crippen LogP contribution in [0, 0.1) is 0 Å². The second-order valence-electron chi connectivity index (χ2n) is 8.45. The fraction of sp³-hybridized carbons (Fsp3) is 0.478. The van der Waals surface area contributed by atoms with Crippen molar-refractivity contribution in [3.05, 3.63) is 33.6 Å². The van der Waals surface area contributed by atoms with Gasteiger partial charge in [-0.05, 0) is 73.4 Å². The standard InChI is InChI=1S/C23H29BrN2O8S2/c1-14(2)33-10-11-36(31,32)26(16-6-8-25-9-7-16)17-5-3-4-15(12-17)21-19(24)20(34-13-18(27)28)22(35-21)23(29)30/h3-5,12,14,16,25H,6-11,13H2,1-2H3,(H,27,28)(H,29,30). The predicted octanol–water partition coefficient (Wildman–Crippen LogP) is 3.65. The third-order valence-electron chi connectivity index (χ3n) is 5.44. The summed E-state index contributed by atoms with van der Waals surface area (Å²) in [5.41, 5.74) is 1.04. The van der Waals surface area contributed by atoms with E-state index in [2.05, 4.69) is 21.2 Å². The molecule has 1 aliphatic heterocycles. The molecule has 1 saturated heterocycles. The van der Waals surface area contributed by atoms with E-state index in [0.29, 0.717) is 46.5 Å². The van der Waals surface area contributed by atoms with Crippen LogP contribution in [0.3, 0.4) is 0 Å². The zero-order chi connectivity index (χ0) is 26.5. The summed E-state index contributed by atoms with van der Waals surface area (Å²) in [5.74, 6) is -2.74. The van der Waals surface area contributed by atoms with E-state index in [-0.39, 0.29) is 35.1 Å². The van der Waals surface area contributed by atoms with E-state index in [4.69, 9.17) is 14.6 Å². The first kappa shape index (κ1) is 28.4. The SMILES string of the molecule is CC(C)OCCS(=O)(=O)N(c1cccc(-c2sc(C(=O)O)c(OCC(=O)O)c2Br)c1)C1CCNCC1. The Morgan fingerprint density at radius 2 is 1.94 bits per heavy atom. The quantitative estimate of drug-likeness (QED) is 0.331. The first-order valence-corrected chi connectivity index (χ1v) is 14.6. The van der Waals surface area contributed by atoms with Crippen LogP contribution in [0.15, 0.2) is 28.7 Å². The average Bonchev–Trinajstić information content (AvgIpc) is 3.14. The number of halogens is 1. The van der Waals surface area contributed by atoms with Crippen molar-refractivity contribution >= 4 is 54.9 Å². The number of carbonyl (C=O) groups is 2. The van der Waals surface area contributed by atoms with Crippen LogP contribution in [0.1, 0.15) is 36.4 Å². The number of anilines is 1. The largest absolute Gasteiger partial charge is 0.479 e. The Morgan fingerprint density at radius 3 is 2.56 bits per heavy atom. The summed E-state index contributed by atoms with van der Waals surface area (Å²) < 4.78 is 39.5. The zero-order valence-corrected chi connectivity index (χ0v) is 23.1. The number of carboxylic acid groups (broad SMARTS) is 2. The molecule has 1 aromatic heterocycles. The summed E-state index contributed by atoms with van der Waals surface area (Å²) in [4.78, 5) is 23.1. The first-order valence-electron chi connectivity index (χ1n) is 11.4. The van der Waals surface area contributed by atoms with Gasteiger partial charge in [-0.2, -0.15) is 0 Å². The topological polar surface area (TPSA) is 142 Å². The summed E-state index contributed by atoms with van der Waals surface area (Å²) in [6.45, 7) is 4.46. The van der Waals surface area contributed by atoms with Crippen LogP contribution in [0.2, 0.25) is 0 Å². The van der Waals surface area contributed by atoms with Gasteiger partial charge in [-0.25, -0.2) is 18.0 Å². The minimum Gasteiger partial charge on any atom is -0.479 e. The van der Waals surface area contributed by atoms with Crippen molar-refractivity contribution in [1.29, 1.82) is 0 Å². The monoisotopic (exact) mass is 604 g/mol. The number of hydrogen-bond donors (Lipinski definition) is 3. The number of piperidine rings is 1. The summed E-state index contributed by atoms with van der Waals surface area (Å²) >= 11 is 4.27. The molecular weight excluding hydrogens is 576 g/mol. The van der Waals surface area contributed by atoms with E-state index >= 15 is 0 Å². The molecule has 0 amide bonds. The number of nitrogens with zero attached hydrogens (tertiary/aromatic N) is 1. The number of aromatic carboxylic acids is 1. The maximum atomic E-state index is 13.5. The Balaban J connectivity index is 2.02. The van der Waals surface area contributed by atoms with Crippen LogP contribution in [-0.4, -0.2) is 74.8 Å². The lowest BCUT2D eigenvalue weighted by Gasteiger charge is -2.35. The average molecular weight is 606 g/mol. The van der Waals surface area contributed by atoms with E-state index < -0.39 is 28.6 Å². The van der Waals surface area contributed by atoms with Gasteiger partial charge in [0.05, 0.1) is 33.5 Å². The number of carboxylic acids is 2. The van der Waals surface area contributed by atoms with Gasteiger partial charge >= 0.3 is 11.9 Å². The lowest BCUT2D eigenvalue weighted by Crippen LogP contribution is -2.47. The lowest BCUT2D eigenvalue weighted by molar-refractivity contribution is -0.139. The van der Waals surface area contributed by atoms with Crippen LogP contribution in [0.4, 0.5) is 5.69 Å². The molecule has 0 saturated carbocycles. The van der Waals surface area contributed by atoms with Crippen LogP contribution < -0.4 is 14.4 Å². The summed E-state index contributed by atoms with van der Waals surface area (Å²) in [7, 11) is -3.73. The number of rotatable bonds is 12. The first-order chi connectivity index (χ1) is 17.0. The molecule has 0 unspecified atom stereocenters. The summed E-state index contributed by atoms with van der Waals surface area (Å²) in [5, 5.41) is 21.8. The van der Waals surface area contributed by atoms with Gasteiger partial charge in [0, 0.05) is 6.04 Å². The molecule has 2 aromatic rings. The third-order valence-corrected chi connectivity index (χ3v) is 9.46. The highest BCUT2D eigenvalue weighted by atomic mass is 79.9. The number of hydrogen-bond acceptors (Lipinski definition) is 8. The minimum atomic E-state index is -3.73. The fourth-order valence-electron chi connectivity index (χ4n) is 3.90. The normalized spacial score (nSPS) is 14.7. The molecule has 2 heterocycles. The maximum absolute atomic E-state index is 13.5. The predicted molar refractivity (Wildman–Crippen MR) is 141 cm³/mol. The van der Waals surface area contributed by atoms with Gasteiger partial charge in [-0.15, -0.1) is 11.3 Å². The highest BCUT2D eigenvalue weighted by Gasteiger charge is 2.32. The second-order valence-corrected chi connectivity index (χ2v) is 12.2. The van der Waals surface area contributed by atoms with Gasteiger partial charge in [0.15, 0.2) is 17.2 Å². The van der Waals surface area contributed by atoms with Crippen molar-refractivity contribution in [2.24, 2.45) is 0 Å². The van der Waals surface area contributed by atoms with Crippen molar-refractivity contribution in [3.63, 3.8) is 0 Å². The third kappa shape index (κ3) is 6.97. The molecule has 1 fully saturated rings. The Hall–Kier alpha value is -2.19. The molecule has 198 valence electrons. The van der Waals surface area contributed by atoms with Crippen molar-refractivity contribution in [3.8, 4) is 16.2 Å². The molecule has 0 radical (unpaired) electrons. The minimum absolute atomic E-state index is 0.0733. The lowest BCUT2D eigenvalue weighted by atomic mass is 10.1. The summed E-state index contributed by atoms with van der Waals surface area (Å²) in [6, 6.07) is 6.63. The van der Waals surface area contributed by atoms with Crippen molar-refractivity contribution < 1.29 is 37.7 Å². The number of thiophene rings is 1. The van der Waals surface area contributed by atoms with E-state index in [0.717, 1.165) is 11.3 Å². The molecule has 10 nitrogen and oxygen atoms in total. The van der Waals surface area contributed by atoms with E-state index in [1.54, 1.807) is 24.3 Å². The van der Waals surface area contributed by atoms with Crippen LogP contribution in [0.5, 0.6) is 5.75 Å². The molecule has 0 atom stereocenters. The molecule has 0 aliphatic carbocycles. The van der Waals surface area contributed by atoms with Gasteiger partial charge in [-0.3, -0.25) is 4.31 Å². The van der Waals surface area contributed by atoms with E-state index in [9.17, 15) is 23.1 Å². The number of benzene rings is 1. The number of ether oxygens (including phenoxy) is 2. The van der Waals surface area contributed by atoms with Crippen molar-refractivity contribution in [2.45, 2.75) is 38.8 Å². The molecule has 13 heteroatoms. The van der Waals surface area contributed by atoms with Gasteiger partial charge in [0.1, 0.15) is 0 Å². The van der Waals surface area contributed by atoms with Crippen LogP contribution in [0.25, 0.3) is 10.4 Å². The van der Waals surface area contributed by atoms with E-state index in [1.165, 1.54) is 4.31 Å². The molecule has 36 heavy (non-hydrogen) atoms. The molecule has 3 rings (SSSR count). The van der Waals surface area contributed by atoms with Crippen LogP contribution in [-0.2, 0) is 19.6 Å². The van der Waals surface area contributed by atoms with Gasteiger partial charge in [0.25, 0.3) is 0 Å². The van der Waals surface area contributed by atoms with Gasteiger partial charge in [0.2, 0.25) is 10.0 Å². The highest BCUT2D eigenvalue weighted by Crippen LogP contribution is 2.46. The maximum Gasteiger partial charge on any atom is 0.349 e. The van der Waals surface area contributed by atoms with Crippen molar-refractivity contribution in [2.75, 3.05) is 36.4 Å².